The Balaban J connectivity index is 1.63. The molecule has 0 unspecified atom stereocenters. The number of aliphatic hydroxyl groups is 1. The van der Waals surface area contributed by atoms with Crippen molar-refractivity contribution in [3.8, 4) is 0 Å². The molecular formula is C18H22N4O4. The third kappa shape index (κ3) is 3.97. The van der Waals surface area contributed by atoms with Crippen LogP contribution in [0.15, 0.2) is 30.6 Å². The van der Waals surface area contributed by atoms with Gasteiger partial charge in [0, 0.05) is 37.8 Å². The van der Waals surface area contributed by atoms with Crippen LogP contribution in [-0.4, -0.2) is 62.2 Å². The van der Waals surface area contributed by atoms with E-state index in [1.54, 1.807) is 17.3 Å². The SMILES string of the molecule is N[C@@H](CCC(=O)N1C[C@@H](Cc2ccnc3cccnc23)[C@@H](O)C1)C(=O)O. The van der Waals surface area contributed by atoms with Crippen molar-refractivity contribution < 1.29 is 19.8 Å². The van der Waals surface area contributed by atoms with E-state index in [1.807, 2.05) is 18.2 Å². The number of carbonyl (C=O) groups is 2. The first-order chi connectivity index (χ1) is 12.5. The Bertz CT molecular complexity index is 807. The van der Waals surface area contributed by atoms with E-state index in [1.165, 1.54) is 0 Å². The molecule has 1 fully saturated rings. The molecule has 1 amide bonds. The molecule has 2 aromatic heterocycles. The summed E-state index contributed by atoms with van der Waals surface area (Å²) >= 11 is 0. The number of carbonyl (C=O) groups excluding carboxylic acids is 1. The van der Waals surface area contributed by atoms with Gasteiger partial charge in [0.15, 0.2) is 0 Å². The number of fused-ring (bicyclic) bond motifs is 1. The first-order valence-electron chi connectivity index (χ1n) is 8.58. The molecule has 26 heavy (non-hydrogen) atoms. The zero-order valence-electron chi connectivity index (χ0n) is 14.3. The van der Waals surface area contributed by atoms with Crippen LogP contribution >= 0.6 is 0 Å². The maximum Gasteiger partial charge on any atom is 0.320 e. The summed E-state index contributed by atoms with van der Waals surface area (Å²) in [6.07, 6.45) is 3.54. The fraction of sp³-hybridized carbons (Fsp3) is 0.444. The number of β-amino-alcohol motifs (C(OH)–C–C–N with tert-alkyl or cyclic N) is 1. The normalized spacial score (nSPS) is 21.1. The third-order valence-corrected chi connectivity index (χ3v) is 4.81. The minimum absolute atomic E-state index is 0.0622. The van der Waals surface area contributed by atoms with Gasteiger partial charge < -0.3 is 20.8 Å². The lowest BCUT2D eigenvalue weighted by molar-refractivity contribution is -0.139. The average Bonchev–Trinajstić information content (AvgIpc) is 3.00. The fourth-order valence-electron chi connectivity index (χ4n) is 3.30. The molecular weight excluding hydrogens is 336 g/mol. The molecule has 0 bridgehead atoms. The Morgan fingerprint density at radius 2 is 2.08 bits per heavy atom. The summed E-state index contributed by atoms with van der Waals surface area (Å²) < 4.78 is 0. The van der Waals surface area contributed by atoms with Crippen LogP contribution in [0.2, 0.25) is 0 Å². The molecule has 1 aliphatic heterocycles. The predicted octanol–water partition coefficient (Wildman–Crippen LogP) is 0.184. The molecule has 0 spiro atoms. The smallest absolute Gasteiger partial charge is 0.320 e. The number of pyridine rings is 2. The number of carboxylic acid groups (broad SMARTS) is 1. The molecule has 0 radical (unpaired) electrons. The average molecular weight is 358 g/mol. The lowest BCUT2D eigenvalue weighted by Gasteiger charge is -2.17. The van der Waals surface area contributed by atoms with Crippen LogP contribution in [0.25, 0.3) is 11.0 Å². The Kier molecular flexibility index (Phi) is 5.43. The van der Waals surface area contributed by atoms with E-state index in [9.17, 15) is 14.7 Å². The van der Waals surface area contributed by atoms with Gasteiger partial charge in [-0.1, -0.05) is 0 Å². The highest BCUT2D eigenvalue weighted by Crippen LogP contribution is 2.25. The molecule has 4 N–H and O–H groups in total. The molecule has 3 rings (SSSR count). The number of hydrogen-bond acceptors (Lipinski definition) is 6. The van der Waals surface area contributed by atoms with Gasteiger partial charge in [0.25, 0.3) is 0 Å². The van der Waals surface area contributed by atoms with Crippen molar-refractivity contribution in [3.63, 3.8) is 0 Å². The third-order valence-electron chi connectivity index (χ3n) is 4.81. The predicted molar refractivity (Wildman–Crippen MR) is 94.2 cm³/mol. The number of nitrogens with zero attached hydrogens (tertiary/aromatic N) is 3. The maximum absolute atomic E-state index is 12.3. The maximum atomic E-state index is 12.3. The summed E-state index contributed by atoms with van der Waals surface area (Å²) in [6.45, 7) is 0.682. The van der Waals surface area contributed by atoms with Crippen molar-refractivity contribution in [1.82, 2.24) is 14.9 Å². The second-order valence-corrected chi connectivity index (χ2v) is 6.65. The molecule has 0 aliphatic carbocycles. The van der Waals surface area contributed by atoms with Crippen molar-refractivity contribution in [1.29, 1.82) is 0 Å². The van der Waals surface area contributed by atoms with Crippen LogP contribution in [-0.2, 0) is 16.0 Å². The van der Waals surface area contributed by atoms with Gasteiger partial charge in [-0.25, -0.2) is 0 Å². The first-order valence-corrected chi connectivity index (χ1v) is 8.58. The van der Waals surface area contributed by atoms with Crippen LogP contribution < -0.4 is 5.73 Å². The number of rotatable bonds is 6. The van der Waals surface area contributed by atoms with Crippen LogP contribution in [0.3, 0.4) is 0 Å². The molecule has 0 aromatic carbocycles. The molecule has 8 heteroatoms. The number of likely N-dealkylation sites (tertiary alicyclic amines) is 1. The van der Waals surface area contributed by atoms with Crippen molar-refractivity contribution in [3.05, 3.63) is 36.2 Å². The Labute approximate surface area is 150 Å². The number of aromatic nitrogens is 2. The van der Waals surface area contributed by atoms with E-state index in [-0.39, 0.29) is 31.2 Å². The van der Waals surface area contributed by atoms with E-state index >= 15 is 0 Å². The van der Waals surface area contributed by atoms with E-state index in [0.29, 0.717) is 13.0 Å². The second kappa shape index (κ2) is 7.76. The lowest BCUT2D eigenvalue weighted by atomic mass is 9.96. The van der Waals surface area contributed by atoms with Crippen LogP contribution in [0.5, 0.6) is 0 Å². The monoisotopic (exact) mass is 358 g/mol. The van der Waals surface area contributed by atoms with Crippen LogP contribution in [0, 0.1) is 5.92 Å². The van der Waals surface area contributed by atoms with Gasteiger partial charge in [-0.15, -0.1) is 0 Å². The van der Waals surface area contributed by atoms with E-state index in [4.69, 9.17) is 10.8 Å². The summed E-state index contributed by atoms with van der Waals surface area (Å²) in [4.78, 5) is 33.3. The Morgan fingerprint density at radius 1 is 1.27 bits per heavy atom. The van der Waals surface area contributed by atoms with E-state index < -0.39 is 18.1 Å². The standard InChI is InChI=1S/C18H22N4O4/c19-13(18(25)26)3-4-16(24)22-9-12(15(23)10-22)8-11-5-7-20-14-2-1-6-21-17(11)14/h1-2,5-7,12-13,15,23H,3-4,8-10,19H2,(H,25,26)/t12-,13+,15+/m1/s1. The molecule has 1 saturated heterocycles. The molecule has 1 aliphatic rings. The van der Waals surface area contributed by atoms with Gasteiger partial charge in [-0.3, -0.25) is 19.6 Å². The number of amides is 1. The van der Waals surface area contributed by atoms with Gasteiger partial charge in [0.2, 0.25) is 5.91 Å². The fourth-order valence-corrected chi connectivity index (χ4v) is 3.30. The van der Waals surface area contributed by atoms with Crippen molar-refractivity contribution in [2.75, 3.05) is 13.1 Å². The first kappa shape index (κ1) is 18.2. The lowest BCUT2D eigenvalue weighted by Crippen LogP contribution is -2.34. The molecule has 138 valence electrons. The van der Waals surface area contributed by atoms with Gasteiger partial charge in [0.05, 0.1) is 17.1 Å². The molecule has 3 atom stereocenters. The number of carboxylic acids is 1. The Morgan fingerprint density at radius 3 is 2.85 bits per heavy atom. The summed E-state index contributed by atoms with van der Waals surface area (Å²) in [7, 11) is 0. The van der Waals surface area contributed by atoms with Crippen LogP contribution in [0.1, 0.15) is 18.4 Å². The Hall–Kier alpha value is -2.58. The molecule has 2 aromatic rings. The minimum Gasteiger partial charge on any atom is -0.480 e. The number of aliphatic carboxylic acids is 1. The van der Waals surface area contributed by atoms with E-state index in [0.717, 1.165) is 16.6 Å². The quantitative estimate of drug-likeness (QED) is 0.672. The zero-order chi connectivity index (χ0) is 18.7. The van der Waals surface area contributed by atoms with Gasteiger partial charge in [-0.05, 0) is 36.6 Å². The molecule has 3 heterocycles. The second-order valence-electron chi connectivity index (χ2n) is 6.65. The van der Waals surface area contributed by atoms with Gasteiger partial charge >= 0.3 is 5.97 Å². The van der Waals surface area contributed by atoms with Gasteiger partial charge in [0.1, 0.15) is 6.04 Å². The number of hydrogen-bond donors (Lipinski definition) is 3. The minimum atomic E-state index is -1.12. The van der Waals surface area contributed by atoms with Crippen LogP contribution in [0.4, 0.5) is 0 Å². The van der Waals surface area contributed by atoms with E-state index in [2.05, 4.69) is 9.97 Å². The summed E-state index contributed by atoms with van der Waals surface area (Å²) in [5.74, 6) is -1.39. The highest BCUT2D eigenvalue weighted by molar-refractivity contribution is 5.79. The summed E-state index contributed by atoms with van der Waals surface area (Å²) in [5.41, 5.74) is 8.03. The number of aliphatic hydroxyl groups excluding tert-OH is 1. The highest BCUT2D eigenvalue weighted by Gasteiger charge is 2.34. The van der Waals surface area contributed by atoms with Crippen molar-refractivity contribution in [2.24, 2.45) is 11.7 Å². The summed E-state index contributed by atoms with van der Waals surface area (Å²) in [6, 6.07) is 4.55. The highest BCUT2D eigenvalue weighted by atomic mass is 16.4. The summed E-state index contributed by atoms with van der Waals surface area (Å²) in [5, 5.41) is 19.2. The zero-order valence-corrected chi connectivity index (χ0v) is 14.3. The molecule has 0 saturated carbocycles. The van der Waals surface area contributed by atoms with Crippen molar-refractivity contribution >= 4 is 22.9 Å². The van der Waals surface area contributed by atoms with Gasteiger partial charge in [-0.2, -0.15) is 0 Å². The number of nitrogens with two attached hydrogens (primary N) is 1. The topological polar surface area (TPSA) is 130 Å². The molecule has 8 nitrogen and oxygen atoms in total. The largest absolute Gasteiger partial charge is 0.480 e. The van der Waals surface area contributed by atoms with Crippen molar-refractivity contribution in [2.45, 2.75) is 31.4 Å².